The maximum atomic E-state index is 14.3. The monoisotopic (exact) mass is 268 g/mol. The number of likely N-dealkylation sites (N-methyl/N-ethyl adjacent to an activating group) is 1. The summed E-state index contributed by atoms with van der Waals surface area (Å²) in [4.78, 5) is 2.06. The van der Waals surface area contributed by atoms with Gasteiger partial charge in [-0.1, -0.05) is 12.1 Å². The molecule has 0 fully saturated rings. The molecule has 0 aliphatic heterocycles. The second kappa shape index (κ2) is 7.46. The van der Waals surface area contributed by atoms with Crippen LogP contribution in [-0.2, 0) is 4.74 Å². The summed E-state index contributed by atoms with van der Waals surface area (Å²) < 4.78 is 19.5. The van der Waals surface area contributed by atoms with E-state index >= 15 is 0 Å². The van der Waals surface area contributed by atoms with E-state index in [1.165, 1.54) is 6.07 Å². The van der Waals surface area contributed by atoms with E-state index in [1.807, 2.05) is 33.9 Å². The summed E-state index contributed by atoms with van der Waals surface area (Å²) in [5.41, 5.74) is 1.66. The minimum Gasteiger partial charge on any atom is -0.383 e. The highest BCUT2D eigenvalue weighted by molar-refractivity contribution is 5.56. The smallest absolute Gasteiger partial charge is 0.146 e. The van der Waals surface area contributed by atoms with Crippen molar-refractivity contribution in [2.45, 2.75) is 32.9 Å². The predicted molar refractivity (Wildman–Crippen MR) is 78.2 cm³/mol. The van der Waals surface area contributed by atoms with Crippen molar-refractivity contribution in [3.8, 4) is 0 Å². The van der Waals surface area contributed by atoms with Crippen molar-refractivity contribution >= 4 is 5.69 Å². The second-order valence-corrected chi connectivity index (χ2v) is 4.78. The number of anilines is 1. The standard InChI is InChI=1S/C15H25FN2O/c1-6-18(11(2)10-19-5)15-13(12(3)17-4)8-7-9-14(15)16/h7-9,11-12,17H,6,10H2,1-5H3. The van der Waals surface area contributed by atoms with Gasteiger partial charge in [-0.2, -0.15) is 0 Å². The molecule has 0 aliphatic rings. The Balaban J connectivity index is 3.21. The lowest BCUT2D eigenvalue weighted by Crippen LogP contribution is -2.38. The molecule has 1 N–H and O–H groups in total. The number of nitrogens with one attached hydrogen (secondary N) is 1. The molecule has 0 aromatic heterocycles. The van der Waals surface area contributed by atoms with Crippen LogP contribution in [0.4, 0.5) is 10.1 Å². The van der Waals surface area contributed by atoms with Gasteiger partial charge in [0.15, 0.2) is 0 Å². The van der Waals surface area contributed by atoms with Gasteiger partial charge >= 0.3 is 0 Å². The average Bonchev–Trinajstić information content (AvgIpc) is 2.40. The Hall–Kier alpha value is -1.13. The largest absolute Gasteiger partial charge is 0.383 e. The Kier molecular flexibility index (Phi) is 6.25. The molecule has 0 saturated carbocycles. The van der Waals surface area contributed by atoms with E-state index in [1.54, 1.807) is 13.2 Å². The van der Waals surface area contributed by atoms with E-state index in [2.05, 4.69) is 10.2 Å². The molecule has 19 heavy (non-hydrogen) atoms. The number of halogens is 1. The van der Waals surface area contributed by atoms with Crippen LogP contribution in [0.2, 0.25) is 0 Å². The SMILES string of the molecule is CCN(c1c(F)cccc1C(C)NC)C(C)COC. The Bertz CT molecular complexity index is 398. The molecule has 0 aliphatic carbocycles. The van der Waals surface area contributed by atoms with Crippen molar-refractivity contribution in [3.05, 3.63) is 29.6 Å². The van der Waals surface area contributed by atoms with Crippen LogP contribution in [0.1, 0.15) is 32.4 Å². The van der Waals surface area contributed by atoms with Crippen LogP contribution in [0, 0.1) is 5.82 Å². The Morgan fingerprint density at radius 2 is 2.05 bits per heavy atom. The summed E-state index contributed by atoms with van der Waals surface area (Å²) in [7, 11) is 3.55. The van der Waals surface area contributed by atoms with Crippen LogP contribution in [0.15, 0.2) is 18.2 Å². The molecule has 0 amide bonds. The van der Waals surface area contributed by atoms with Crippen molar-refractivity contribution in [1.82, 2.24) is 5.32 Å². The number of methoxy groups -OCH3 is 1. The lowest BCUT2D eigenvalue weighted by Gasteiger charge is -2.33. The summed E-state index contributed by atoms with van der Waals surface area (Å²) in [6.45, 7) is 7.44. The summed E-state index contributed by atoms with van der Waals surface area (Å²) in [5.74, 6) is -0.176. The third-order valence-electron chi connectivity index (χ3n) is 3.49. The average molecular weight is 268 g/mol. The van der Waals surface area contributed by atoms with Crippen LogP contribution in [-0.4, -0.2) is 33.4 Å². The van der Waals surface area contributed by atoms with Gasteiger partial charge in [0.2, 0.25) is 0 Å². The normalized spacial score (nSPS) is 14.2. The molecule has 3 nitrogen and oxygen atoms in total. The van der Waals surface area contributed by atoms with Crippen molar-refractivity contribution in [3.63, 3.8) is 0 Å². The van der Waals surface area contributed by atoms with Gasteiger partial charge in [-0.25, -0.2) is 4.39 Å². The zero-order chi connectivity index (χ0) is 14.4. The number of hydrogen-bond donors (Lipinski definition) is 1. The fourth-order valence-electron chi connectivity index (χ4n) is 2.36. The quantitative estimate of drug-likeness (QED) is 0.823. The fraction of sp³-hybridized carbons (Fsp3) is 0.600. The van der Waals surface area contributed by atoms with Crippen molar-refractivity contribution in [1.29, 1.82) is 0 Å². The van der Waals surface area contributed by atoms with Crippen LogP contribution in [0.3, 0.4) is 0 Å². The van der Waals surface area contributed by atoms with Gasteiger partial charge in [-0.05, 0) is 39.4 Å². The first-order valence-electron chi connectivity index (χ1n) is 6.78. The van der Waals surface area contributed by atoms with Crippen LogP contribution < -0.4 is 10.2 Å². The summed E-state index contributed by atoms with van der Waals surface area (Å²) in [6, 6.07) is 5.49. The van der Waals surface area contributed by atoms with Gasteiger partial charge in [0, 0.05) is 25.7 Å². The highest BCUT2D eigenvalue weighted by Crippen LogP contribution is 2.30. The van der Waals surface area contributed by atoms with Gasteiger partial charge in [0.1, 0.15) is 5.82 Å². The molecule has 2 atom stereocenters. The van der Waals surface area contributed by atoms with E-state index in [-0.39, 0.29) is 17.9 Å². The highest BCUT2D eigenvalue weighted by Gasteiger charge is 2.21. The zero-order valence-corrected chi connectivity index (χ0v) is 12.5. The van der Waals surface area contributed by atoms with Gasteiger partial charge < -0.3 is 15.0 Å². The van der Waals surface area contributed by atoms with Gasteiger partial charge in [0.25, 0.3) is 0 Å². The minimum absolute atomic E-state index is 0.106. The highest BCUT2D eigenvalue weighted by atomic mass is 19.1. The number of para-hydroxylation sites is 1. The maximum absolute atomic E-state index is 14.3. The number of benzene rings is 1. The van der Waals surface area contributed by atoms with Gasteiger partial charge in [0.05, 0.1) is 12.3 Å². The molecule has 0 heterocycles. The van der Waals surface area contributed by atoms with Crippen LogP contribution in [0.25, 0.3) is 0 Å². The van der Waals surface area contributed by atoms with E-state index < -0.39 is 0 Å². The lowest BCUT2D eigenvalue weighted by molar-refractivity contribution is 0.181. The van der Waals surface area contributed by atoms with Crippen molar-refractivity contribution < 1.29 is 9.13 Å². The lowest BCUT2D eigenvalue weighted by atomic mass is 10.0. The van der Waals surface area contributed by atoms with Crippen molar-refractivity contribution in [2.75, 3.05) is 32.2 Å². The van der Waals surface area contributed by atoms with Gasteiger partial charge in [-0.3, -0.25) is 0 Å². The third-order valence-corrected chi connectivity index (χ3v) is 3.49. The molecule has 0 bridgehead atoms. The minimum atomic E-state index is -0.176. The molecule has 0 saturated heterocycles. The number of nitrogens with zero attached hydrogens (tertiary/aromatic N) is 1. The third kappa shape index (κ3) is 3.67. The molecule has 1 aromatic rings. The predicted octanol–water partition coefficient (Wildman–Crippen LogP) is 2.97. The molecular weight excluding hydrogens is 243 g/mol. The Labute approximate surface area is 115 Å². The molecule has 1 rings (SSSR count). The first-order valence-corrected chi connectivity index (χ1v) is 6.78. The van der Waals surface area contributed by atoms with E-state index in [0.29, 0.717) is 12.3 Å². The topological polar surface area (TPSA) is 24.5 Å². The zero-order valence-electron chi connectivity index (χ0n) is 12.5. The van der Waals surface area contributed by atoms with Crippen LogP contribution >= 0.6 is 0 Å². The Morgan fingerprint density at radius 1 is 1.37 bits per heavy atom. The first kappa shape index (κ1) is 15.9. The molecule has 108 valence electrons. The summed E-state index contributed by atoms with van der Waals surface area (Å²) in [6.07, 6.45) is 0. The fourth-order valence-corrected chi connectivity index (χ4v) is 2.36. The van der Waals surface area contributed by atoms with Crippen molar-refractivity contribution in [2.24, 2.45) is 0 Å². The van der Waals surface area contributed by atoms with E-state index in [4.69, 9.17) is 4.74 Å². The summed E-state index contributed by atoms with van der Waals surface area (Å²) in [5, 5.41) is 3.17. The number of hydrogen-bond acceptors (Lipinski definition) is 3. The second-order valence-electron chi connectivity index (χ2n) is 4.78. The van der Waals surface area contributed by atoms with E-state index in [9.17, 15) is 4.39 Å². The first-order chi connectivity index (χ1) is 9.06. The molecule has 0 spiro atoms. The maximum Gasteiger partial charge on any atom is 0.146 e. The molecule has 4 heteroatoms. The number of ether oxygens (including phenoxy) is 1. The molecule has 1 aromatic carbocycles. The molecule has 0 radical (unpaired) electrons. The van der Waals surface area contributed by atoms with E-state index in [0.717, 1.165) is 12.1 Å². The molecular formula is C15H25FN2O. The van der Waals surface area contributed by atoms with Crippen LogP contribution in [0.5, 0.6) is 0 Å². The Morgan fingerprint density at radius 3 is 2.58 bits per heavy atom. The molecule has 2 unspecified atom stereocenters. The summed E-state index contributed by atoms with van der Waals surface area (Å²) >= 11 is 0. The number of rotatable bonds is 7. The van der Waals surface area contributed by atoms with Gasteiger partial charge in [-0.15, -0.1) is 0 Å².